The van der Waals surface area contributed by atoms with E-state index in [4.69, 9.17) is 4.74 Å². The number of phenols is 1. The number of hydrogen-bond acceptors (Lipinski definition) is 4. The van der Waals surface area contributed by atoms with Crippen molar-refractivity contribution in [2.45, 2.75) is 36.0 Å². The number of nitrogens with one attached hydrogen (secondary N) is 2. The summed E-state index contributed by atoms with van der Waals surface area (Å²) < 4.78 is 5.41. The number of para-hydroxylation sites is 1. The second-order valence-electron chi connectivity index (χ2n) is 6.61. The molecule has 0 radical (unpaired) electrons. The number of halogens is 1. The zero-order valence-electron chi connectivity index (χ0n) is 16.3. The molecule has 3 rings (SSSR count). The van der Waals surface area contributed by atoms with Crippen molar-refractivity contribution in [1.82, 2.24) is 10.6 Å². The Labute approximate surface area is 188 Å². The molecule has 1 aliphatic rings. The minimum absolute atomic E-state index is 0. The van der Waals surface area contributed by atoms with Gasteiger partial charge in [0.25, 0.3) is 0 Å². The molecular formula is C21H28IN3O2S. The molecule has 1 saturated carbocycles. The second kappa shape index (κ2) is 10.8. The van der Waals surface area contributed by atoms with Crippen LogP contribution in [0.25, 0.3) is 0 Å². The summed E-state index contributed by atoms with van der Waals surface area (Å²) in [5.74, 6) is 1.38. The predicted molar refractivity (Wildman–Crippen MR) is 127 cm³/mol. The molecule has 0 amide bonds. The molecule has 0 spiro atoms. The van der Waals surface area contributed by atoms with Crippen LogP contribution >= 0.6 is 35.7 Å². The highest BCUT2D eigenvalue weighted by molar-refractivity contribution is 14.0. The van der Waals surface area contributed by atoms with Gasteiger partial charge in [0.1, 0.15) is 0 Å². The Bertz CT molecular complexity index is 782. The van der Waals surface area contributed by atoms with Gasteiger partial charge in [-0.2, -0.15) is 0 Å². The molecule has 152 valence electrons. The van der Waals surface area contributed by atoms with E-state index in [0.717, 1.165) is 24.6 Å². The number of aromatic hydroxyl groups is 1. The number of thioether (sulfide) groups is 1. The van der Waals surface area contributed by atoms with Crippen LogP contribution in [0.15, 0.2) is 58.4 Å². The van der Waals surface area contributed by atoms with Crippen LogP contribution in [0.3, 0.4) is 0 Å². The van der Waals surface area contributed by atoms with Gasteiger partial charge in [0.2, 0.25) is 0 Å². The Hall–Kier alpha value is -1.61. The van der Waals surface area contributed by atoms with E-state index in [1.165, 1.54) is 17.7 Å². The first-order chi connectivity index (χ1) is 13.2. The summed E-state index contributed by atoms with van der Waals surface area (Å²) in [5.41, 5.74) is 0.742. The van der Waals surface area contributed by atoms with E-state index < -0.39 is 0 Å². The quantitative estimate of drug-likeness (QED) is 0.278. The molecule has 2 aromatic rings. The topological polar surface area (TPSA) is 65.9 Å². The number of benzene rings is 2. The SMILES string of the molecule is CCNC(=NCc1cccc(OC)c1O)NCC1(Sc2ccccc2)CC1.I. The molecule has 0 saturated heterocycles. The summed E-state index contributed by atoms with van der Waals surface area (Å²) in [6.07, 6.45) is 2.41. The van der Waals surface area contributed by atoms with Crippen LogP contribution in [0.1, 0.15) is 25.3 Å². The zero-order chi connectivity index (χ0) is 19.1. The first-order valence-electron chi connectivity index (χ1n) is 9.27. The molecule has 1 aliphatic carbocycles. The maximum Gasteiger partial charge on any atom is 0.191 e. The maximum absolute atomic E-state index is 10.2. The minimum atomic E-state index is 0. The molecule has 3 N–H and O–H groups in total. The number of guanidine groups is 1. The highest BCUT2D eigenvalue weighted by Gasteiger charge is 2.43. The summed E-state index contributed by atoms with van der Waals surface area (Å²) in [6, 6.07) is 16.0. The Kier molecular flexibility index (Phi) is 8.75. The summed E-state index contributed by atoms with van der Waals surface area (Å²) in [4.78, 5) is 5.93. The van der Waals surface area contributed by atoms with Gasteiger partial charge in [-0.05, 0) is 38.0 Å². The van der Waals surface area contributed by atoms with E-state index in [9.17, 15) is 5.11 Å². The van der Waals surface area contributed by atoms with Gasteiger partial charge < -0.3 is 20.5 Å². The summed E-state index contributed by atoms with van der Waals surface area (Å²) in [6.45, 7) is 4.08. The molecule has 0 aliphatic heterocycles. The first-order valence-corrected chi connectivity index (χ1v) is 10.1. The van der Waals surface area contributed by atoms with Crippen LogP contribution in [0.4, 0.5) is 0 Å². The largest absolute Gasteiger partial charge is 0.504 e. The number of rotatable bonds is 8. The molecule has 0 aromatic heterocycles. The van der Waals surface area contributed by atoms with Crippen molar-refractivity contribution in [3.05, 3.63) is 54.1 Å². The number of phenolic OH excluding ortho intramolecular Hbond substituents is 1. The predicted octanol–water partition coefficient (Wildman–Crippen LogP) is 4.40. The number of methoxy groups -OCH3 is 1. The molecule has 2 aromatic carbocycles. The van der Waals surface area contributed by atoms with Crippen LogP contribution in [0, 0.1) is 0 Å². The maximum atomic E-state index is 10.2. The van der Waals surface area contributed by atoms with Crippen molar-refractivity contribution in [1.29, 1.82) is 0 Å². The number of ether oxygens (including phenoxy) is 1. The van der Waals surface area contributed by atoms with Gasteiger partial charge in [-0.3, -0.25) is 0 Å². The monoisotopic (exact) mass is 513 g/mol. The fourth-order valence-electron chi connectivity index (χ4n) is 2.80. The number of nitrogens with zero attached hydrogens (tertiary/aromatic N) is 1. The second-order valence-corrected chi connectivity index (χ2v) is 8.16. The van der Waals surface area contributed by atoms with Crippen molar-refractivity contribution in [3.8, 4) is 11.5 Å². The van der Waals surface area contributed by atoms with Crippen LogP contribution in [0.2, 0.25) is 0 Å². The van der Waals surface area contributed by atoms with E-state index in [-0.39, 0.29) is 34.5 Å². The molecule has 0 bridgehead atoms. The molecule has 0 unspecified atom stereocenters. The van der Waals surface area contributed by atoms with Gasteiger partial charge in [0.15, 0.2) is 17.5 Å². The summed E-state index contributed by atoms with van der Waals surface area (Å²) in [7, 11) is 1.55. The van der Waals surface area contributed by atoms with Crippen molar-refractivity contribution >= 4 is 41.7 Å². The third-order valence-corrected chi connectivity index (χ3v) is 6.01. The molecule has 0 atom stereocenters. The molecule has 1 fully saturated rings. The fourth-order valence-corrected chi connectivity index (χ4v) is 4.05. The van der Waals surface area contributed by atoms with Crippen molar-refractivity contribution < 1.29 is 9.84 Å². The average Bonchev–Trinajstić information content (AvgIpc) is 3.45. The lowest BCUT2D eigenvalue weighted by Crippen LogP contribution is -2.41. The number of hydrogen-bond donors (Lipinski definition) is 3. The Morgan fingerprint density at radius 2 is 1.89 bits per heavy atom. The standard InChI is InChI=1S/C21H27N3O2S.HI/c1-3-22-20(23-14-16-8-7-11-18(26-2)19(16)25)24-15-21(12-13-21)27-17-9-5-4-6-10-17;/h4-11,25H,3,12-15H2,1-2H3,(H2,22,23,24);1H. The zero-order valence-corrected chi connectivity index (χ0v) is 19.4. The van der Waals surface area contributed by atoms with Gasteiger partial charge in [-0.1, -0.05) is 30.3 Å². The lowest BCUT2D eigenvalue weighted by atomic mass is 10.2. The molecular weight excluding hydrogens is 485 g/mol. The van der Waals surface area contributed by atoms with Gasteiger partial charge in [0, 0.05) is 28.3 Å². The van der Waals surface area contributed by atoms with Crippen molar-refractivity contribution in [3.63, 3.8) is 0 Å². The Morgan fingerprint density at radius 1 is 1.14 bits per heavy atom. The third-order valence-electron chi connectivity index (χ3n) is 4.52. The lowest BCUT2D eigenvalue weighted by molar-refractivity contribution is 0.370. The minimum Gasteiger partial charge on any atom is -0.504 e. The Balaban J connectivity index is 0.00000280. The number of aliphatic imine (C=N–C) groups is 1. The van der Waals surface area contributed by atoms with Gasteiger partial charge >= 0.3 is 0 Å². The Morgan fingerprint density at radius 3 is 2.54 bits per heavy atom. The third kappa shape index (κ3) is 6.20. The molecule has 7 heteroatoms. The van der Waals surface area contributed by atoms with Crippen LogP contribution in [-0.4, -0.2) is 36.0 Å². The molecule has 0 heterocycles. The fraction of sp³-hybridized carbons (Fsp3) is 0.381. The van der Waals surface area contributed by atoms with Crippen LogP contribution in [0.5, 0.6) is 11.5 Å². The van der Waals surface area contributed by atoms with E-state index >= 15 is 0 Å². The van der Waals surface area contributed by atoms with E-state index in [1.54, 1.807) is 13.2 Å². The molecule has 28 heavy (non-hydrogen) atoms. The van der Waals surface area contributed by atoms with Gasteiger partial charge in [-0.25, -0.2) is 4.99 Å². The molecule has 5 nitrogen and oxygen atoms in total. The summed E-state index contributed by atoms with van der Waals surface area (Å²) >= 11 is 1.94. The smallest absolute Gasteiger partial charge is 0.191 e. The normalized spacial score (nSPS) is 14.7. The van der Waals surface area contributed by atoms with E-state index in [1.807, 2.05) is 36.9 Å². The summed E-state index contributed by atoms with van der Waals surface area (Å²) in [5, 5.41) is 17.0. The highest BCUT2D eigenvalue weighted by atomic mass is 127. The van der Waals surface area contributed by atoms with E-state index in [2.05, 4.69) is 39.9 Å². The van der Waals surface area contributed by atoms with Gasteiger partial charge in [-0.15, -0.1) is 35.7 Å². The van der Waals surface area contributed by atoms with Gasteiger partial charge in [0.05, 0.1) is 13.7 Å². The average molecular weight is 513 g/mol. The van der Waals surface area contributed by atoms with E-state index in [0.29, 0.717) is 12.3 Å². The van der Waals surface area contributed by atoms with Crippen LogP contribution in [-0.2, 0) is 6.54 Å². The lowest BCUT2D eigenvalue weighted by Gasteiger charge is -2.18. The first kappa shape index (κ1) is 22.7. The van der Waals surface area contributed by atoms with Crippen molar-refractivity contribution in [2.24, 2.45) is 4.99 Å². The van der Waals surface area contributed by atoms with Crippen molar-refractivity contribution in [2.75, 3.05) is 20.2 Å². The van der Waals surface area contributed by atoms with Crippen LogP contribution < -0.4 is 15.4 Å². The highest BCUT2D eigenvalue weighted by Crippen LogP contribution is 2.51.